The van der Waals surface area contributed by atoms with Crippen molar-refractivity contribution >= 4 is 27.8 Å². The number of anilines is 2. The summed E-state index contributed by atoms with van der Waals surface area (Å²) in [6.07, 6.45) is 1.33. The van der Waals surface area contributed by atoms with Gasteiger partial charge in [0.25, 0.3) is 0 Å². The molecule has 0 aromatic carbocycles. The Hall–Kier alpha value is -1.07. The number of methoxy groups -OCH3 is 1. The van der Waals surface area contributed by atoms with Crippen molar-refractivity contribution in [2.24, 2.45) is 0 Å². The first kappa shape index (κ1) is 11.4. The Kier molecular flexibility index (Phi) is 3.16. The molecule has 1 saturated heterocycles. The fourth-order valence-electron chi connectivity index (χ4n) is 1.94. The lowest BCUT2D eigenvalue weighted by Crippen LogP contribution is -2.21. The molecule has 1 aliphatic heterocycles. The first-order valence-corrected chi connectivity index (χ1v) is 6.11. The van der Waals surface area contributed by atoms with E-state index in [2.05, 4.69) is 4.90 Å². The highest BCUT2D eigenvalue weighted by Crippen LogP contribution is 2.34. The Morgan fingerprint density at radius 3 is 2.94 bits per heavy atom. The second-order valence-corrected chi connectivity index (χ2v) is 5.05. The van der Waals surface area contributed by atoms with E-state index >= 15 is 0 Å². The Labute approximate surface area is 99.0 Å². The highest BCUT2D eigenvalue weighted by molar-refractivity contribution is 7.18. The van der Waals surface area contributed by atoms with Crippen molar-refractivity contribution in [3.05, 3.63) is 10.9 Å². The van der Waals surface area contributed by atoms with Crippen LogP contribution in [0.2, 0.25) is 0 Å². The van der Waals surface area contributed by atoms with Crippen LogP contribution in [0.15, 0.2) is 6.07 Å². The molecule has 88 valence electrons. The molecule has 2 rings (SSSR count). The Balaban J connectivity index is 2.16. The summed E-state index contributed by atoms with van der Waals surface area (Å²) < 4.78 is 5.31. The third kappa shape index (κ3) is 2.05. The first-order chi connectivity index (χ1) is 7.61. The van der Waals surface area contributed by atoms with Gasteiger partial charge in [0.1, 0.15) is 0 Å². The highest BCUT2D eigenvalue weighted by Gasteiger charge is 2.24. The molecule has 0 aliphatic carbocycles. The molecule has 1 aliphatic rings. The van der Waals surface area contributed by atoms with Gasteiger partial charge >= 0.3 is 0 Å². The van der Waals surface area contributed by atoms with E-state index < -0.39 is 0 Å². The zero-order valence-corrected chi connectivity index (χ0v) is 10.3. The van der Waals surface area contributed by atoms with E-state index in [0.29, 0.717) is 16.7 Å². The minimum atomic E-state index is 0.0382. The molecule has 1 aromatic heterocycles. The van der Waals surface area contributed by atoms with Crippen molar-refractivity contribution in [1.82, 2.24) is 0 Å². The number of ether oxygens (including phenoxy) is 1. The van der Waals surface area contributed by atoms with Crippen LogP contribution < -0.4 is 10.6 Å². The summed E-state index contributed by atoms with van der Waals surface area (Å²) >= 11 is 1.47. The molecule has 1 atom stereocenters. The number of ketones is 1. The van der Waals surface area contributed by atoms with Gasteiger partial charge in [-0.3, -0.25) is 4.79 Å². The van der Waals surface area contributed by atoms with Gasteiger partial charge in [0.15, 0.2) is 5.78 Å². The predicted molar refractivity (Wildman–Crippen MR) is 66.4 cm³/mol. The van der Waals surface area contributed by atoms with Crippen LogP contribution in [0.1, 0.15) is 23.0 Å². The molecule has 5 heteroatoms. The number of Topliss-reactive ketones (excluding diaryl/α,β-unsaturated/α-hetero) is 1. The average Bonchev–Trinajstić information content (AvgIpc) is 2.83. The summed E-state index contributed by atoms with van der Waals surface area (Å²) in [5.74, 6) is 0.0382. The summed E-state index contributed by atoms with van der Waals surface area (Å²) in [6.45, 7) is 3.40. The van der Waals surface area contributed by atoms with Crippen LogP contribution in [-0.2, 0) is 4.74 Å². The third-order valence-electron chi connectivity index (χ3n) is 2.86. The number of thiophene rings is 1. The number of nitrogen functional groups attached to an aromatic ring is 1. The Bertz CT molecular complexity index is 403. The monoisotopic (exact) mass is 240 g/mol. The van der Waals surface area contributed by atoms with Crippen LogP contribution in [0.3, 0.4) is 0 Å². The summed E-state index contributed by atoms with van der Waals surface area (Å²) in [6, 6.07) is 1.89. The topological polar surface area (TPSA) is 55.6 Å². The van der Waals surface area contributed by atoms with E-state index in [-0.39, 0.29) is 5.78 Å². The first-order valence-electron chi connectivity index (χ1n) is 5.29. The fraction of sp³-hybridized carbons (Fsp3) is 0.545. The number of carbonyl (C=O) groups is 1. The fourth-order valence-corrected chi connectivity index (χ4v) is 2.95. The number of nitrogens with zero attached hydrogens (tertiary/aromatic N) is 1. The lowest BCUT2D eigenvalue weighted by atomic mass is 10.3. The van der Waals surface area contributed by atoms with Gasteiger partial charge in [-0.2, -0.15) is 0 Å². The van der Waals surface area contributed by atoms with Gasteiger partial charge in [0.2, 0.25) is 0 Å². The number of carbonyl (C=O) groups excluding carboxylic acids is 1. The quantitative estimate of drug-likeness (QED) is 0.818. The van der Waals surface area contributed by atoms with Crippen LogP contribution in [-0.4, -0.2) is 32.1 Å². The van der Waals surface area contributed by atoms with Crippen molar-refractivity contribution in [2.75, 3.05) is 30.8 Å². The molecule has 1 aromatic rings. The van der Waals surface area contributed by atoms with Crippen molar-refractivity contribution in [1.29, 1.82) is 0 Å². The van der Waals surface area contributed by atoms with Gasteiger partial charge in [-0.15, -0.1) is 11.3 Å². The predicted octanol–water partition coefficient (Wildman–Crippen LogP) is 1.76. The van der Waals surface area contributed by atoms with Crippen LogP contribution >= 0.6 is 11.3 Å². The molecule has 0 saturated carbocycles. The zero-order valence-electron chi connectivity index (χ0n) is 9.53. The van der Waals surface area contributed by atoms with Gasteiger partial charge in [-0.1, -0.05) is 0 Å². The van der Waals surface area contributed by atoms with Gasteiger partial charge in [0.05, 0.1) is 21.7 Å². The standard InChI is InChI=1S/C11H16N2O2S/c1-7(14)11-9(12)5-10(16-11)13-4-3-8(6-13)15-2/h5,8H,3-4,6,12H2,1-2H3. The van der Waals surface area contributed by atoms with Crippen molar-refractivity contribution in [3.63, 3.8) is 0 Å². The SMILES string of the molecule is COC1CCN(c2cc(N)c(C(C)=O)s2)C1. The zero-order chi connectivity index (χ0) is 11.7. The van der Waals surface area contributed by atoms with Crippen LogP contribution in [0.25, 0.3) is 0 Å². The average molecular weight is 240 g/mol. The van der Waals surface area contributed by atoms with Crippen LogP contribution in [0.5, 0.6) is 0 Å². The summed E-state index contributed by atoms with van der Waals surface area (Å²) in [7, 11) is 1.73. The normalized spacial score (nSPS) is 20.4. The number of nitrogens with two attached hydrogens (primary N) is 1. The number of hydrogen-bond acceptors (Lipinski definition) is 5. The van der Waals surface area contributed by atoms with Crippen molar-refractivity contribution < 1.29 is 9.53 Å². The number of rotatable bonds is 3. The molecule has 2 heterocycles. The van der Waals surface area contributed by atoms with Crippen molar-refractivity contribution in [3.8, 4) is 0 Å². The second kappa shape index (κ2) is 4.43. The van der Waals surface area contributed by atoms with E-state index in [1.807, 2.05) is 6.07 Å². The third-order valence-corrected chi connectivity index (χ3v) is 4.17. The maximum atomic E-state index is 11.3. The van der Waals surface area contributed by atoms with Crippen LogP contribution in [0, 0.1) is 0 Å². The molecule has 0 radical (unpaired) electrons. The smallest absolute Gasteiger partial charge is 0.171 e. The molecule has 2 N–H and O–H groups in total. The molecule has 1 fully saturated rings. The maximum Gasteiger partial charge on any atom is 0.171 e. The lowest BCUT2D eigenvalue weighted by Gasteiger charge is -2.15. The van der Waals surface area contributed by atoms with Crippen molar-refractivity contribution in [2.45, 2.75) is 19.4 Å². The Morgan fingerprint density at radius 2 is 2.44 bits per heavy atom. The molecule has 0 spiro atoms. The molecular weight excluding hydrogens is 224 g/mol. The van der Waals surface area contributed by atoms with E-state index in [1.54, 1.807) is 14.0 Å². The number of hydrogen-bond donors (Lipinski definition) is 1. The minimum absolute atomic E-state index is 0.0382. The molecule has 0 amide bonds. The summed E-state index contributed by atoms with van der Waals surface area (Å²) in [5, 5.41) is 1.07. The van der Waals surface area contributed by atoms with Gasteiger partial charge < -0.3 is 15.4 Å². The minimum Gasteiger partial charge on any atom is -0.397 e. The van der Waals surface area contributed by atoms with E-state index in [1.165, 1.54) is 11.3 Å². The summed E-state index contributed by atoms with van der Waals surface area (Å²) in [4.78, 5) is 14.2. The largest absolute Gasteiger partial charge is 0.397 e. The second-order valence-electron chi connectivity index (χ2n) is 4.02. The van der Waals surface area contributed by atoms with Gasteiger partial charge in [0, 0.05) is 27.1 Å². The van der Waals surface area contributed by atoms with E-state index in [0.717, 1.165) is 24.5 Å². The molecular formula is C11H16N2O2S. The van der Waals surface area contributed by atoms with Gasteiger partial charge in [-0.25, -0.2) is 0 Å². The van der Waals surface area contributed by atoms with E-state index in [9.17, 15) is 4.79 Å². The Morgan fingerprint density at radius 1 is 1.69 bits per heavy atom. The maximum absolute atomic E-state index is 11.3. The molecule has 4 nitrogen and oxygen atoms in total. The summed E-state index contributed by atoms with van der Waals surface area (Å²) in [5.41, 5.74) is 6.40. The van der Waals surface area contributed by atoms with E-state index in [4.69, 9.17) is 10.5 Å². The molecule has 1 unspecified atom stereocenters. The molecule has 16 heavy (non-hydrogen) atoms. The van der Waals surface area contributed by atoms with Gasteiger partial charge in [-0.05, 0) is 12.5 Å². The lowest BCUT2D eigenvalue weighted by molar-refractivity contribution is 0.102. The molecule has 0 bridgehead atoms. The van der Waals surface area contributed by atoms with Crippen LogP contribution in [0.4, 0.5) is 10.7 Å². The highest BCUT2D eigenvalue weighted by atomic mass is 32.1.